The Hall–Kier alpha value is -2.13. The number of benzene rings is 1. The van der Waals surface area contributed by atoms with Crippen molar-refractivity contribution in [2.75, 3.05) is 11.9 Å². The lowest BCUT2D eigenvalue weighted by molar-refractivity contribution is -0.142. The molecule has 0 aliphatic heterocycles. The zero-order valence-corrected chi connectivity index (χ0v) is 16.6. The van der Waals surface area contributed by atoms with Crippen LogP contribution < -0.4 is 10.1 Å². The fourth-order valence-electron chi connectivity index (χ4n) is 1.89. The normalized spacial score (nSPS) is 11.9. The third kappa shape index (κ3) is 5.99. The van der Waals surface area contributed by atoms with E-state index in [2.05, 4.69) is 15.5 Å². The van der Waals surface area contributed by atoms with Gasteiger partial charge in [-0.05, 0) is 52.0 Å². The smallest absolute Gasteiger partial charge is 0.319 e. The number of anilines is 1. The number of esters is 1. The van der Waals surface area contributed by atoms with Gasteiger partial charge in [0.25, 0.3) is 5.91 Å². The van der Waals surface area contributed by atoms with Gasteiger partial charge in [0.1, 0.15) is 11.0 Å². The van der Waals surface area contributed by atoms with Gasteiger partial charge >= 0.3 is 5.97 Å². The molecule has 1 amide bonds. The van der Waals surface area contributed by atoms with Gasteiger partial charge in [-0.3, -0.25) is 14.9 Å². The molecule has 0 bridgehead atoms. The van der Waals surface area contributed by atoms with E-state index < -0.39 is 0 Å². The number of rotatable bonds is 8. The third-order valence-electron chi connectivity index (χ3n) is 3.01. The van der Waals surface area contributed by atoms with Crippen LogP contribution in [0, 0.1) is 0 Å². The molecule has 1 atom stereocenters. The molecule has 7 nitrogen and oxygen atoms in total. The van der Waals surface area contributed by atoms with E-state index in [1.165, 1.54) is 23.1 Å². The highest BCUT2D eigenvalue weighted by Crippen LogP contribution is 2.29. The lowest BCUT2D eigenvalue weighted by atomic mass is 10.2. The van der Waals surface area contributed by atoms with Crippen molar-refractivity contribution in [3.63, 3.8) is 0 Å². The van der Waals surface area contributed by atoms with Crippen molar-refractivity contribution in [2.45, 2.75) is 43.4 Å². The largest absolute Gasteiger partial charge is 0.491 e. The summed E-state index contributed by atoms with van der Waals surface area (Å²) in [5, 5.41) is 10.6. The van der Waals surface area contributed by atoms with Crippen LogP contribution in [-0.4, -0.2) is 40.0 Å². The fraction of sp³-hybridized carbons (Fsp3) is 0.412. The Kier molecular flexibility index (Phi) is 7.40. The molecule has 140 valence electrons. The number of amides is 1. The van der Waals surface area contributed by atoms with Crippen LogP contribution in [0.1, 0.15) is 38.1 Å². The summed E-state index contributed by atoms with van der Waals surface area (Å²) in [6, 6.07) is 6.87. The van der Waals surface area contributed by atoms with Crippen LogP contribution in [0.25, 0.3) is 0 Å². The maximum absolute atomic E-state index is 12.3. The summed E-state index contributed by atoms with van der Waals surface area (Å²) in [7, 11) is 0. The Balaban J connectivity index is 1.93. The Morgan fingerprint density at radius 1 is 1.19 bits per heavy atom. The first kappa shape index (κ1) is 20.2. The summed E-state index contributed by atoms with van der Waals surface area (Å²) in [6.07, 6.45) is 0.0731. The zero-order valence-electron chi connectivity index (χ0n) is 15.0. The van der Waals surface area contributed by atoms with E-state index in [0.717, 1.165) is 0 Å². The molecule has 1 aromatic heterocycles. The third-order valence-corrected chi connectivity index (χ3v) is 5.01. The second-order valence-corrected chi connectivity index (χ2v) is 8.10. The van der Waals surface area contributed by atoms with Crippen molar-refractivity contribution in [2.24, 2.45) is 0 Å². The van der Waals surface area contributed by atoms with E-state index in [1.807, 2.05) is 13.8 Å². The summed E-state index contributed by atoms with van der Waals surface area (Å²) < 4.78 is 11.1. The minimum atomic E-state index is -0.389. The quantitative estimate of drug-likeness (QED) is 0.415. The molecule has 0 aliphatic rings. The zero-order chi connectivity index (χ0) is 19.1. The SMILES string of the molecule is CCOC(=O)[C@H](C)Sc1nnc(NC(=O)c2ccc(OC(C)C)cc2)s1. The summed E-state index contributed by atoms with van der Waals surface area (Å²) >= 11 is 2.45. The summed E-state index contributed by atoms with van der Waals surface area (Å²) in [4.78, 5) is 23.9. The monoisotopic (exact) mass is 395 g/mol. The van der Waals surface area contributed by atoms with Crippen LogP contribution in [0.4, 0.5) is 5.13 Å². The van der Waals surface area contributed by atoms with Crippen LogP contribution in [0.3, 0.4) is 0 Å². The van der Waals surface area contributed by atoms with E-state index in [4.69, 9.17) is 9.47 Å². The van der Waals surface area contributed by atoms with Gasteiger partial charge in [-0.2, -0.15) is 0 Å². The summed E-state index contributed by atoms with van der Waals surface area (Å²) in [6.45, 7) is 7.71. The van der Waals surface area contributed by atoms with Gasteiger partial charge in [0.05, 0.1) is 12.7 Å². The second kappa shape index (κ2) is 9.54. The van der Waals surface area contributed by atoms with Crippen molar-refractivity contribution in [1.29, 1.82) is 0 Å². The van der Waals surface area contributed by atoms with E-state index in [-0.39, 0.29) is 23.2 Å². The van der Waals surface area contributed by atoms with E-state index in [9.17, 15) is 9.59 Å². The second-order valence-electron chi connectivity index (χ2n) is 5.53. The van der Waals surface area contributed by atoms with Crippen molar-refractivity contribution in [3.05, 3.63) is 29.8 Å². The molecule has 0 fully saturated rings. The number of carbonyl (C=O) groups is 2. The number of nitrogens with zero attached hydrogens (tertiary/aromatic N) is 2. The number of ether oxygens (including phenoxy) is 2. The van der Waals surface area contributed by atoms with Gasteiger partial charge < -0.3 is 9.47 Å². The first-order valence-corrected chi connectivity index (χ1v) is 9.83. The summed E-state index contributed by atoms with van der Waals surface area (Å²) in [5.74, 6) is 0.119. The highest BCUT2D eigenvalue weighted by atomic mass is 32.2. The predicted octanol–water partition coefficient (Wildman–Crippen LogP) is 3.62. The first-order valence-electron chi connectivity index (χ1n) is 8.14. The maximum Gasteiger partial charge on any atom is 0.319 e. The lowest BCUT2D eigenvalue weighted by Crippen LogP contribution is -2.16. The molecule has 0 spiro atoms. The number of hydrogen-bond acceptors (Lipinski definition) is 8. The molecule has 0 saturated heterocycles. The summed E-state index contributed by atoms with van der Waals surface area (Å²) in [5.41, 5.74) is 0.491. The van der Waals surface area contributed by atoms with Crippen LogP contribution in [-0.2, 0) is 9.53 Å². The molecular formula is C17H21N3O4S2. The molecule has 0 saturated carbocycles. The van der Waals surface area contributed by atoms with E-state index >= 15 is 0 Å². The van der Waals surface area contributed by atoms with Gasteiger partial charge in [-0.25, -0.2) is 0 Å². The van der Waals surface area contributed by atoms with Crippen LogP contribution in [0.2, 0.25) is 0 Å². The molecule has 1 aromatic carbocycles. The number of thioether (sulfide) groups is 1. The van der Waals surface area contributed by atoms with Gasteiger partial charge in [0, 0.05) is 5.56 Å². The standard InChI is InChI=1S/C17H21N3O4S2/c1-5-23-15(22)11(4)25-17-20-19-16(26-17)18-14(21)12-6-8-13(9-7-12)24-10(2)3/h6-11H,5H2,1-4H3,(H,18,19,21)/t11-/m0/s1. The van der Waals surface area contributed by atoms with Gasteiger partial charge in [-0.1, -0.05) is 23.1 Å². The predicted molar refractivity (Wildman–Crippen MR) is 102 cm³/mol. The Labute approximate surface area is 160 Å². The lowest BCUT2D eigenvalue weighted by Gasteiger charge is -2.09. The van der Waals surface area contributed by atoms with Crippen molar-refractivity contribution >= 4 is 40.1 Å². The van der Waals surface area contributed by atoms with Crippen LogP contribution in [0.5, 0.6) is 5.75 Å². The minimum Gasteiger partial charge on any atom is -0.491 e. The molecule has 2 rings (SSSR count). The average molecular weight is 396 g/mol. The minimum absolute atomic E-state index is 0.0731. The number of nitrogens with one attached hydrogen (secondary N) is 1. The number of aromatic nitrogens is 2. The molecule has 0 radical (unpaired) electrons. The Bertz CT molecular complexity index is 747. The van der Waals surface area contributed by atoms with Gasteiger partial charge in [0.2, 0.25) is 5.13 Å². The van der Waals surface area contributed by atoms with E-state index in [0.29, 0.717) is 27.4 Å². The highest BCUT2D eigenvalue weighted by Gasteiger charge is 2.18. The molecular weight excluding hydrogens is 374 g/mol. The highest BCUT2D eigenvalue weighted by molar-refractivity contribution is 8.02. The van der Waals surface area contributed by atoms with Crippen molar-refractivity contribution in [1.82, 2.24) is 10.2 Å². The number of hydrogen-bond donors (Lipinski definition) is 1. The average Bonchev–Trinajstić information content (AvgIpc) is 3.02. The van der Waals surface area contributed by atoms with E-state index in [1.54, 1.807) is 38.1 Å². The molecule has 1 heterocycles. The maximum atomic E-state index is 12.3. The Morgan fingerprint density at radius 3 is 2.50 bits per heavy atom. The molecule has 0 aliphatic carbocycles. The van der Waals surface area contributed by atoms with Crippen LogP contribution in [0.15, 0.2) is 28.6 Å². The van der Waals surface area contributed by atoms with Gasteiger partial charge in [0.15, 0.2) is 4.34 Å². The van der Waals surface area contributed by atoms with Crippen molar-refractivity contribution < 1.29 is 19.1 Å². The topological polar surface area (TPSA) is 90.4 Å². The molecule has 26 heavy (non-hydrogen) atoms. The first-order chi connectivity index (χ1) is 12.4. The Morgan fingerprint density at radius 2 is 1.88 bits per heavy atom. The van der Waals surface area contributed by atoms with Crippen molar-refractivity contribution in [3.8, 4) is 5.75 Å². The molecule has 0 unspecified atom stereocenters. The molecule has 1 N–H and O–H groups in total. The number of carbonyl (C=O) groups excluding carboxylic acids is 2. The fourth-order valence-corrected chi connectivity index (χ4v) is 3.78. The van der Waals surface area contributed by atoms with Crippen LogP contribution >= 0.6 is 23.1 Å². The molecule has 9 heteroatoms. The van der Waals surface area contributed by atoms with Gasteiger partial charge in [-0.15, -0.1) is 10.2 Å². The molecule has 2 aromatic rings.